The van der Waals surface area contributed by atoms with Gasteiger partial charge < -0.3 is 15.3 Å². The lowest BCUT2D eigenvalue weighted by Crippen LogP contribution is -2.41. The highest BCUT2D eigenvalue weighted by Crippen LogP contribution is 2.27. The van der Waals surface area contributed by atoms with Gasteiger partial charge in [0.25, 0.3) is 0 Å². The molecule has 1 aliphatic carbocycles. The van der Waals surface area contributed by atoms with Crippen molar-refractivity contribution in [3.8, 4) is 0 Å². The highest BCUT2D eigenvalue weighted by atomic mass is 16.4. The molecule has 2 amide bonds. The number of carbonyl (C=O) groups excluding carboxylic acids is 2. The number of carbonyl (C=O) groups is 3. The second-order valence-electron chi connectivity index (χ2n) is 4.68. The van der Waals surface area contributed by atoms with E-state index in [1.807, 2.05) is 6.08 Å². The lowest BCUT2D eigenvalue weighted by Gasteiger charge is -2.28. The van der Waals surface area contributed by atoms with E-state index in [1.54, 1.807) is 13.1 Å². The molecule has 1 aliphatic rings. The van der Waals surface area contributed by atoms with E-state index in [9.17, 15) is 14.4 Å². The van der Waals surface area contributed by atoms with Crippen molar-refractivity contribution in [2.45, 2.75) is 19.3 Å². The van der Waals surface area contributed by atoms with E-state index in [0.29, 0.717) is 19.4 Å². The Hall–Kier alpha value is -1.85. The Kier molecular flexibility index (Phi) is 5.54. The van der Waals surface area contributed by atoms with Crippen LogP contribution in [0.2, 0.25) is 0 Å². The second-order valence-corrected chi connectivity index (χ2v) is 4.68. The van der Waals surface area contributed by atoms with E-state index in [0.717, 1.165) is 0 Å². The fourth-order valence-electron chi connectivity index (χ4n) is 2.15. The van der Waals surface area contributed by atoms with E-state index in [2.05, 4.69) is 5.32 Å². The summed E-state index contributed by atoms with van der Waals surface area (Å²) in [5, 5.41) is 11.6. The van der Waals surface area contributed by atoms with Gasteiger partial charge in [-0.1, -0.05) is 12.2 Å². The molecule has 0 heterocycles. The monoisotopic (exact) mass is 268 g/mol. The zero-order valence-electron chi connectivity index (χ0n) is 11.3. The third-order valence-corrected chi connectivity index (χ3v) is 3.40. The summed E-state index contributed by atoms with van der Waals surface area (Å²) >= 11 is 0. The molecule has 19 heavy (non-hydrogen) atoms. The third kappa shape index (κ3) is 4.08. The first-order valence-electron chi connectivity index (χ1n) is 6.30. The van der Waals surface area contributed by atoms with Crippen molar-refractivity contribution in [2.24, 2.45) is 11.8 Å². The number of hydrogen-bond acceptors (Lipinski definition) is 3. The van der Waals surface area contributed by atoms with Crippen LogP contribution in [0.1, 0.15) is 19.3 Å². The smallest absolute Gasteiger partial charge is 0.307 e. The van der Waals surface area contributed by atoms with Crippen molar-refractivity contribution in [3.63, 3.8) is 0 Å². The van der Waals surface area contributed by atoms with Gasteiger partial charge in [-0.2, -0.15) is 0 Å². The van der Waals surface area contributed by atoms with Gasteiger partial charge in [-0.05, 0) is 12.8 Å². The molecule has 0 saturated carbocycles. The van der Waals surface area contributed by atoms with Gasteiger partial charge in [-0.15, -0.1) is 0 Å². The maximum absolute atomic E-state index is 12.2. The van der Waals surface area contributed by atoms with Gasteiger partial charge >= 0.3 is 5.97 Å². The van der Waals surface area contributed by atoms with E-state index < -0.39 is 17.8 Å². The van der Waals surface area contributed by atoms with Crippen LogP contribution in [0.5, 0.6) is 0 Å². The normalized spacial score (nSPS) is 21.8. The lowest BCUT2D eigenvalue weighted by molar-refractivity contribution is -0.150. The topological polar surface area (TPSA) is 86.7 Å². The lowest BCUT2D eigenvalue weighted by atomic mass is 9.82. The first-order valence-corrected chi connectivity index (χ1v) is 6.30. The average Bonchev–Trinajstić information content (AvgIpc) is 2.43. The van der Waals surface area contributed by atoms with Crippen LogP contribution in [0.15, 0.2) is 12.2 Å². The molecule has 0 saturated heterocycles. The van der Waals surface area contributed by atoms with Crippen molar-refractivity contribution in [1.29, 1.82) is 0 Å². The molecule has 0 radical (unpaired) electrons. The molecule has 0 fully saturated rings. The highest BCUT2D eigenvalue weighted by molar-refractivity contribution is 5.85. The van der Waals surface area contributed by atoms with Gasteiger partial charge in [-0.3, -0.25) is 14.4 Å². The van der Waals surface area contributed by atoms with Gasteiger partial charge in [0.2, 0.25) is 11.8 Å². The molecule has 0 aromatic heterocycles. The number of nitrogens with one attached hydrogen (secondary N) is 1. The fourth-order valence-corrected chi connectivity index (χ4v) is 2.15. The number of hydrogen-bond donors (Lipinski definition) is 2. The molecule has 0 unspecified atom stereocenters. The molecule has 0 aliphatic heterocycles. The maximum Gasteiger partial charge on any atom is 0.307 e. The zero-order valence-corrected chi connectivity index (χ0v) is 11.3. The predicted octanol–water partition coefficient (Wildman–Crippen LogP) is 0.248. The largest absolute Gasteiger partial charge is 0.481 e. The van der Waals surface area contributed by atoms with Gasteiger partial charge in [-0.25, -0.2) is 0 Å². The fraction of sp³-hybridized carbons (Fsp3) is 0.615. The number of aliphatic carboxylic acids is 1. The number of rotatable bonds is 5. The van der Waals surface area contributed by atoms with Crippen LogP contribution in [0.25, 0.3) is 0 Å². The van der Waals surface area contributed by atoms with Crippen molar-refractivity contribution < 1.29 is 19.5 Å². The number of carboxylic acid groups (broad SMARTS) is 1. The Bertz CT molecular complexity index is 392. The molecular weight excluding hydrogens is 248 g/mol. The quantitative estimate of drug-likeness (QED) is 0.700. The van der Waals surface area contributed by atoms with Gasteiger partial charge in [0, 0.05) is 27.1 Å². The molecule has 0 spiro atoms. The second kappa shape index (κ2) is 6.92. The maximum atomic E-state index is 12.2. The Morgan fingerprint density at radius 3 is 2.37 bits per heavy atom. The van der Waals surface area contributed by atoms with Crippen molar-refractivity contribution >= 4 is 17.8 Å². The molecule has 1 rings (SSSR count). The van der Waals surface area contributed by atoms with E-state index in [1.165, 1.54) is 11.9 Å². The van der Waals surface area contributed by atoms with Crippen LogP contribution >= 0.6 is 0 Å². The standard InChI is InChI=1S/C13H20N2O4/c1-14-11(16)7-8-15(2)12(17)9-5-3-4-6-10(9)13(18)19/h3-4,9-10H,5-8H2,1-2H3,(H,14,16)(H,18,19)/t9-,10+/m1/s1. The molecule has 2 atom stereocenters. The van der Waals surface area contributed by atoms with Crippen LogP contribution in [0, 0.1) is 11.8 Å². The van der Waals surface area contributed by atoms with Gasteiger partial charge in [0.05, 0.1) is 11.8 Å². The van der Waals surface area contributed by atoms with Crippen molar-refractivity contribution in [2.75, 3.05) is 20.6 Å². The van der Waals surface area contributed by atoms with Gasteiger partial charge in [0.1, 0.15) is 0 Å². The minimum Gasteiger partial charge on any atom is -0.481 e. The molecule has 0 bridgehead atoms. The first-order chi connectivity index (χ1) is 8.97. The molecule has 6 heteroatoms. The van der Waals surface area contributed by atoms with Crippen molar-refractivity contribution in [1.82, 2.24) is 10.2 Å². The Morgan fingerprint density at radius 2 is 1.84 bits per heavy atom. The average molecular weight is 268 g/mol. The Balaban J connectivity index is 2.61. The SMILES string of the molecule is CNC(=O)CCN(C)C(=O)[C@@H]1CC=CC[C@@H]1C(=O)O. The summed E-state index contributed by atoms with van der Waals surface area (Å²) in [7, 11) is 3.14. The molecule has 0 aromatic carbocycles. The van der Waals surface area contributed by atoms with Crippen LogP contribution in [-0.2, 0) is 14.4 Å². The third-order valence-electron chi connectivity index (χ3n) is 3.40. The summed E-state index contributed by atoms with van der Waals surface area (Å²) in [5.41, 5.74) is 0. The summed E-state index contributed by atoms with van der Waals surface area (Å²) in [6.07, 6.45) is 4.69. The predicted molar refractivity (Wildman–Crippen MR) is 69.3 cm³/mol. The highest BCUT2D eigenvalue weighted by Gasteiger charge is 2.35. The summed E-state index contributed by atoms with van der Waals surface area (Å²) in [6, 6.07) is 0. The summed E-state index contributed by atoms with van der Waals surface area (Å²) in [5.74, 6) is -2.49. The van der Waals surface area contributed by atoms with Crippen molar-refractivity contribution in [3.05, 3.63) is 12.2 Å². The molecular formula is C13H20N2O4. The van der Waals surface area contributed by atoms with E-state index >= 15 is 0 Å². The number of carboxylic acids is 1. The minimum absolute atomic E-state index is 0.141. The number of amides is 2. The summed E-state index contributed by atoms with van der Waals surface area (Å²) in [6.45, 7) is 0.297. The number of nitrogens with zero attached hydrogens (tertiary/aromatic N) is 1. The summed E-state index contributed by atoms with van der Waals surface area (Å²) in [4.78, 5) is 35.9. The Labute approximate surface area is 112 Å². The Morgan fingerprint density at radius 1 is 1.26 bits per heavy atom. The molecule has 0 aromatic rings. The molecule has 6 nitrogen and oxygen atoms in total. The van der Waals surface area contributed by atoms with Crippen LogP contribution in [0.4, 0.5) is 0 Å². The number of allylic oxidation sites excluding steroid dienone is 2. The van der Waals surface area contributed by atoms with E-state index in [4.69, 9.17) is 5.11 Å². The zero-order chi connectivity index (χ0) is 14.4. The molecule has 2 N–H and O–H groups in total. The van der Waals surface area contributed by atoms with E-state index in [-0.39, 0.29) is 18.2 Å². The van der Waals surface area contributed by atoms with Gasteiger partial charge in [0.15, 0.2) is 0 Å². The van der Waals surface area contributed by atoms with Crippen LogP contribution in [-0.4, -0.2) is 48.4 Å². The van der Waals surface area contributed by atoms with Crippen LogP contribution in [0.3, 0.4) is 0 Å². The minimum atomic E-state index is -0.942. The summed E-state index contributed by atoms with van der Waals surface area (Å²) < 4.78 is 0. The first kappa shape index (κ1) is 15.2. The van der Waals surface area contributed by atoms with Crippen LogP contribution < -0.4 is 5.32 Å². The molecule has 106 valence electrons.